The van der Waals surface area contributed by atoms with E-state index in [9.17, 15) is 0 Å². The van der Waals surface area contributed by atoms with E-state index < -0.39 is 17.5 Å². The molecule has 0 aliphatic rings. The van der Waals surface area contributed by atoms with Crippen LogP contribution in [-0.2, 0) is 0 Å². The first-order valence-corrected chi connectivity index (χ1v) is 5.10. The Morgan fingerprint density at radius 2 is 1.67 bits per heavy atom. The summed E-state index contributed by atoms with van der Waals surface area (Å²) >= 11 is 10.1. The molecule has 0 amide bonds. The summed E-state index contributed by atoms with van der Waals surface area (Å²) in [6.07, 6.45) is 0. The first kappa shape index (κ1) is 7.40. The van der Waals surface area contributed by atoms with Crippen molar-refractivity contribution < 1.29 is 0 Å². The minimum absolute atomic E-state index is 0.610. The van der Waals surface area contributed by atoms with Gasteiger partial charge in [0.1, 0.15) is 0 Å². The molecule has 0 radical (unpaired) electrons. The smallest absolute Gasteiger partial charge is 0.263 e. The van der Waals surface area contributed by atoms with Crippen LogP contribution in [0.25, 0.3) is 0 Å². The normalized spacial score (nSPS) is 11.3. The van der Waals surface area contributed by atoms with E-state index in [0.717, 1.165) is 0 Å². The van der Waals surface area contributed by atoms with E-state index in [1.165, 1.54) is 0 Å². The average Bonchev–Trinajstić information content (AvgIpc) is 1.35. The van der Waals surface area contributed by atoms with Crippen molar-refractivity contribution in [1.82, 2.24) is 0 Å². The van der Waals surface area contributed by atoms with Crippen LogP contribution in [0.4, 0.5) is 0 Å². The molecule has 0 saturated heterocycles. The van der Waals surface area contributed by atoms with Crippen molar-refractivity contribution in [3.05, 3.63) is 0 Å². The minimum Gasteiger partial charge on any atom is -0.263 e. The zero-order valence-electron chi connectivity index (χ0n) is 3.34. The third-order valence-corrected chi connectivity index (χ3v) is 3.93. The summed E-state index contributed by atoms with van der Waals surface area (Å²) in [6.45, 7) is 1.70. The van der Waals surface area contributed by atoms with Gasteiger partial charge in [-0.1, -0.05) is 0 Å². The Morgan fingerprint density at radius 3 is 1.67 bits per heavy atom. The molecule has 0 rings (SSSR count). The molecule has 36 valence electrons. The maximum Gasteiger partial charge on any atom is 0.424 e. The summed E-state index contributed by atoms with van der Waals surface area (Å²) in [5.74, 6) is 0. The number of hydrogen-bond acceptors (Lipinski definition) is 0. The molecule has 0 atom stereocenters. The van der Waals surface area contributed by atoms with Gasteiger partial charge in [-0.25, -0.2) is 0 Å². The van der Waals surface area contributed by atoms with E-state index in [1.54, 1.807) is 6.92 Å². The van der Waals surface area contributed by atoms with E-state index in [0.29, 0.717) is 0 Å². The predicted molar refractivity (Wildman–Crippen MR) is 33.1 cm³/mol. The molecule has 0 aliphatic heterocycles. The highest BCUT2D eigenvalue weighted by Gasteiger charge is 2.16. The van der Waals surface area contributed by atoms with Gasteiger partial charge in [-0.15, -0.1) is 23.2 Å². The van der Waals surface area contributed by atoms with Crippen molar-refractivity contribution in [2.24, 2.45) is 0 Å². The molecule has 0 N–H and O–H groups in total. The zero-order chi connectivity index (χ0) is 5.21. The van der Waals surface area contributed by atoms with Crippen LogP contribution in [0.1, 0.15) is 6.92 Å². The Morgan fingerprint density at radius 1 is 1.50 bits per heavy atom. The van der Waals surface area contributed by atoms with Crippen LogP contribution in [0.3, 0.4) is 0 Å². The summed E-state index contributed by atoms with van der Waals surface area (Å²) in [5, 5.41) is 0. The lowest BCUT2D eigenvalue weighted by atomic mass is 10.9. The molecule has 0 aliphatic carbocycles. The van der Waals surface area contributed by atoms with E-state index in [-0.39, 0.29) is 0 Å². The molecule has 0 spiro atoms. The monoisotopic (exact) mass is 160 g/mol. The number of hydrogen-bond donors (Lipinski definition) is 0. The molecule has 4 heteroatoms. The maximum absolute atomic E-state index is 5.41. The summed E-state index contributed by atoms with van der Waals surface area (Å²) < 4.78 is -0.610. The number of rotatable bonds is 1. The molecule has 0 aromatic heterocycles. The van der Waals surface area contributed by atoms with E-state index in [4.69, 9.17) is 33.3 Å². The Balaban J connectivity index is 3.17. The highest BCUT2D eigenvalue weighted by Crippen LogP contribution is 2.17. The van der Waals surface area contributed by atoms with Crippen molar-refractivity contribution in [2.75, 3.05) is 0 Å². The largest absolute Gasteiger partial charge is 0.424 e. The Labute approximate surface area is 57.7 Å². The Hall–Kier alpha value is 1.40. The maximum atomic E-state index is 5.41. The second-order valence-corrected chi connectivity index (χ2v) is 6.45. The second kappa shape index (κ2) is 2.65. The van der Waals surface area contributed by atoms with Gasteiger partial charge in [-0.2, -0.15) is 0 Å². The lowest BCUT2D eigenvalue weighted by molar-refractivity contribution is 1.26. The molecule has 6 heavy (non-hydrogen) atoms. The highest BCUT2D eigenvalue weighted by molar-refractivity contribution is 7.03. The first-order valence-electron chi connectivity index (χ1n) is 1.50. The van der Waals surface area contributed by atoms with Crippen molar-refractivity contribution in [3.63, 3.8) is 0 Å². The topological polar surface area (TPSA) is 0 Å². The van der Waals surface area contributed by atoms with Crippen LogP contribution in [0, 0.1) is 0 Å². The number of halogens is 3. The third-order valence-electron chi connectivity index (χ3n) is 0.235. The molecular weight excluding hydrogens is 157 g/mol. The van der Waals surface area contributed by atoms with Crippen molar-refractivity contribution in [1.29, 1.82) is 0 Å². The van der Waals surface area contributed by atoms with Gasteiger partial charge in [0.15, 0.2) is 0 Å². The molecule has 0 fully saturated rings. The summed E-state index contributed by atoms with van der Waals surface area (Å²) in [6, 6.07) is 0. The fourth-order valence-electron chi connectivity index (χ4n) is 0. The van der Waals surface area contributed by atoms with Gasteiger partial charge in [-0.05, 0) is 6.92 Å². The van der Waals surface area contributed by atoms with Crippen molar-refractivity contribution in [2.45, 2.75) is 10.1 Å². The van der Waals surface area contributed by atoms with Gasteiger partial charge in [0, 0.05) is 0 Å². The van der Waals surface area contributed by atoms with Gasteiger partial charge < -0.3 is 0 Å². The minimum atomic E-state index is -0.745. The van der Waals surface area contributed by atoms with Crippen LogP contribution in [0.2, 0.25) is 0 Å². The zero-order valence-corrected chi connectivity index (χ0v) is 7.02. The fraction of sp³-hybridized carbons (Fsp3) is 1.00. The molecular formula is C2H4AlCl3. The van der Waals surface area contributed by atoms with Crippen molar-refractivity contribution >= 4 is 47.5 Å². The molecule has 0 unspecified atom stereocenters. The van der Waals surface area contributed by atoms with Crippen LogP contribution in [0.15, 0.2) is 0 Å². The van der Waals surface area contributed by atoms with Crippen LogP contribution in [0.5, 0.6) is 0 Å². The predicted octanol–water partition coefficient (Wildman–Crippen LogP) is 1.73. The lowest BCUT2D eigenvalue weighted by Gasteiger charge is -2.02. The summed E-state index contributed by atoms with van der Waals surface area (Å²) in [7, 11) is 5.35. The van der Waals surface area contributed by atoms with E-state index >= 15 is 0 Å². The van der Waals surface area contributed by atoms with E-state index in [2.05, 4.69) is 0 Å². The van der Waals surface area contributed by atoms with Gasteiger partial charge in [0.2, 0.25) is 0 Å². The van der Waals surface area contributed by atoms with Gasteiger partial charge in [0.05, 0.1) is 3.20 Å². The lowest BCUT2D eigenvalue weighted by Crippen LogP contribution is -2.10. The molecule has 0 heterocycles. The third kappa shape index (κ3) is 5.40. The van der Waals surface area contributed by atoms with Crippen LogP contribution >= 0.6 is 33.3 Å². The van der Waals surface area contributed by atoms with Gasteiger partial charge >= 0.3 is 14.3 Å². The van der Waals surface area contributed by atoms with Crippen molar-refractivity contribution in [3.8, 4) is 0 Å². The van der Waals surface area contributed by atoms with Crippen LogP contribution in [-0.4, -0.2) is 17.5 Å². The summed E-state index contributed by atoms with van der Waals surface area (Å²) in [5.41, 5.74) is 0. The molecule has 0 nitrogen and oxygen atoms in total. The Kier molecular flexibility index (Phi) is 3.27. The first-order chi connectivity index (χ1) is 2.56. The molecule has 0 aromatic carbocycles. The molecule has 0 bridgehead atoms. The van der Waals surface area contributed by atoms with Gasteiger partial charge in [0.25, 0.3) is 0 Å². The number of alkyl halides is 2. The summed E-state index contributed by atoms with van der Waals surface area (Å²) in [4.78, 5) is 0. The molecule has 0 aromatic rings. The molecule has 0 saturated carbocycles. The fourth-order valence-corrected chi connectivity index (χ4v) is 0. The van der Waals surface area contributed by atoms with Gasteiger partial charge in [-0.3, -0.25) is 10.0 Å². The average molecular weight is 161 g/mol. The highest BCUT2D eigenvalue weighted by atomic mass is 35.6. The van der Waals surface area contributed by atoms with Crippen LogP contribution < -0.4 is 0 Å². The second-order valence-electron chi connectivity index (χ2n) is 1.20. The standard InChI is InChI=1S/C2H3Cl2.Al.ClH.H/c1-2(3)4;;;/h1H3;;1H;/q;+1;;/p-1. The quantitative estimate of drug-likeness (QED) is 0.406. The SMILES string of the molecule is C[C](Cl)(Cl)[AlH][Cl]. The Bertz CT molecular complexity index is 38.5. The van der Waals surface area contributed by atoms with E-state index in [1.807, 2.05) is 0 Å².